The van der Waals surface area contributed by atoms with E-state index in [1.807, 2.05) is 0 Å². The third-order valence-electron chi connectivity index (χ3n) is 5.26. The molecular weight excluding hydrogens is 354 g/mol. The summed E-state index contributed by atoms with van der Waals surface area (Å²) in [4.78, 5) is 12.5. The van der Waals surface area contributed by atoms with E-state index < -0.39 is 10.0 Å². The Morgan fingerprint density at radius 2 is 1.85 bits per heavy atom. The van der Waals surface area contributed by atoms with Gasteiger partial charge in [0.25, 0.3) is 0 Å². The molecule has 26 heavy (non-hydrogen) atoms. The normalized spacial score (nSPS) is 20.5. The topological polar surface area (TPSA) is 102 Å². The Balaban J connectivity index is 1.52. The van der Waals surface area contributed by atoms with Crippen LogP contribution in [0.5, 0.6) is 5.75 Å². The number of hydrogen-bond donors (Lipinski definition) is 2. The number of piperidine rings is 1. The van der Waals surface area contributed by atoms with Crippen LogP contribution in [0.3, 0.4) is 0 Å². The summed E-state index contributed by atoms with van der Waals surface area (Å²) in [5.41, 5.74) is 6.01. The maximum atomic E-state index is 12.7. The number of methoxy groups -OCH3 is 1. The van der Waals surface area contributed by atoms with E-state index in [9.17, 15) is 13.2 Å². The molecule has 1 unspecified atom stereocenters. The van der Waals surface area contributed by atoms with Crippen molar-refractivity contribution >= 4 is 15.9 Å². The highest BCUT2D eigenvalue weighted by Gasteiger charge is 2.33. The molecule has 144 valence electrons. The molecule has 0 radical (unpaired) electrons. The Kier molecular flexibility index (Phi) is 5.84. The number of nitrogens with one attached hydrogen (secondary N) is 1. The molecule has 1 saturated carbocycles. The van der Waals surface area contributed by atoms with Gasteiger partial charge in [-0.05, 0) is 55.9 Å². The fourth-order valence-corrected chi connectivity index (χ4v) is 4.78. The van der Waals surface area contributed by atoms with Crippen LogP contribution in [0.2, 0.25) is 0 Å². The second-order valence-corrected chi connectivity index (χ2v) is 9.04. The molecule has 7 nitrogen and oxygen atoms in total. The minimum atomic E-state index is -3.54. The molecule has 0 aromatic heterocycles. The Morgan fingerprint density at radius 1 is 1.23 bits per heavy atom. The third-order valence-corrected chi connectivity index (χ3v) is 7.17. The summed E-state index contributed by atoms with van der Waals surface area (Å²) in [6.07, 6.45) is 3.36. The summed E-state index contributed by atoms with van der Waals surface area (Å²) in [5.74, 6) is 1.00. The van der Waals surface area contributed by atoms with E-state index in [4.69, 9.17) is 10.5 Å². The van der Waals surface area contributed by atoms with Gasteiger partial charge in [0.1, 0.15) is 5.75 Å². The maximum absolute atomic E-state index is 12.7. The lowest BCUT2D eigenvalue weighted by molar-refractivity contribution is -0.126. The molecule has 1 aliphatic heterocycles. The Bertz CT molecular complexity index is 723. The lowest BCUT2D eigenvalue weighted by atomic mass is 9.97. The number of ether oxygens (including phenoxy) is 1. The highest BCUT2D eigenvalue weighted by molar-refractivity contribution is 7.89. The van der Waals surface area contributed by atoms with E-state index in [0.29, 0.717) is 44.1 Å². The van der Waals surface area contributed by atoms with Crippen molar-refractivity contribution in [3.05, 3.63) is 24.3 Å². The van der Waals surface area contributed by atoms with E-state index in [1.165, 1.54) is 11.4 Å². The molecule has 0 spiro atoms. The van der Waals surface area contributed by atoms with Crippen molar-refractivity contribution < 1.29 is 17.9 Å². The number of carbonyl (C=O) groups excluding carboxylic acids is 1. The number of carbonyl (C=O) groups is 1. The van der Waals surface area contributed by atoms with Gasteiger partial charge in [0.2, 0.25) is 15.9 Å². The van der Waals surface area contributed by atoms with Gasteiger partial charge < -0.3 is 15.8 Å². The summed E-state index contributed by atoms with van der Waals surface area (Å²) < 4.78 is 32.0. The van der Waals surface area contributed by atoms with Crippen molar-refractivity contribution in [1.82, 2.24) is 9.62 Å². The predicted molar refractivity (Wildman–Crippen MR) is 98.2 cm³/mol. The molecule has 3 rings (SSSR count). The first-order chi connectivity index (χ1) is 12.4. The van der Waals surface area contributed by atoms with Crippen LogP contribution >= 0.6 is 0 Å². The van der Waals surface area contributed by atoms with Crippen molar-refractivity contribution in [1.29, 1.82) is 0 Å². The summed E-state index contributed by atoms with van der Waals surface area (Å²) in [6, 6.07) is 6.40. The van der Waals surface area contributed by atoms with E-state index >= 15 is 0 Å². The second kappa shape index (κ2) is 7.94. The van der Waals surface area contributed by atoms with Crippen LogP contribution < -0.4 is 15.8 Å². The first kappa shape index (κ1) is 19.1. The number of sulfonamides is 1. The van der Waals surface area contributed by atoms with Crippen LogP contribution in [0, 0.1) is 11.8 Å². The zero-order valence-electron chi connectivity index (χ0n) is 15.1. The van der Waals surface area contributed by atoms with Crippen molar-refractivity contribution in [2.75, 3.05) is 26.7 Å². The fourth-order valence-electron chi connectivity index (χ4n) is 3.31. The van der Waals surface area contributed by atoms with E-state index in [-0.39, 0.29) is 22.8 Å². The predicted octanol–water partition coefficient (Wildman–Crippen LogP) is 0.949. The summed E-state index contributed by atoms with van der Waals surface area (Å²) in [5, 5.41) is 2.93. The van der Waals surface area contributed by atoms with E-state index in [2.05, 4.69) is 5.32 Å². The smallest absolute Gasteiger partial charge is 0.243 e. The van der Waals surface area contributed by atoms with Crippen LogP contribution in [0.1, 0.15) is 25.7 Å². The summed E-state index contributed by atoms with van der Waals surface area (Å²) >= 11 is 0. The van der Waals surface area contributed by atoms with Gasteiger partial charge in [0.15, 0.2) is 0 Å². The van der Waals surface area contributed by atoms with Crippen LogP contribution in [0.25, 0.3) is 0 Å². The molecule has 3 N–H and O–H groups in total. The molecule has 1 saturated heterocycles. The SMILES string of the molecule is COc1ccc(S(=O)(=O)N2CCC(C(=O)NCC(N)C3CC3)CC2)cc1. The molecule has 2 fully saturated rings. The van der Waals surface area contributed by atoms with Gasteiger partial charge in [-0.1, -0.05) is 0 Å². The minimum absolute atomic E-state index is 0.0115. The quantitative estimate of drug-likeness (QED) is 0.732. The number of rotatable bonds is 7. The molecule has 2 aliphatic rings. The first-order valence-corrected chi connectivity index (χ1v) is 10.5. The molecule has 1 aromatic carbocycles. The monoisotopic (exact) mass is 381 g/mol. The Morgan fingerprint density at radius 3 is 2.38 bits per heavy atom. The van der Waals surface area contributed by atoms with Crippen molar-refractivity contribution in [3.63, 3.8) is 0 Å². The van der Waals surface area contributed by atoms with Gasteiger partial charge in [0, 0.05) is 31.6 Å². The van der Waals surface area contributed by atoms with Crippen molar-refractivity contribution in [2.24, 2.45) is 17.6 Å². The van der Waals surface area contributed by atoms with Gasteiger partial charge in [-0.25, -0.2) is 8.42 Å². The number of nitrogens with zero attached hydrogens (tertiary/aromatic N) is 1. The van der Waals surface area contributed by atoms with Gasteiger partial charge in [-0.3, -0.25) is 4.79 Å². The summed E-state index contributed by atoms with van der Waals surface area (Å²) in [6.45, 7) is 1.20. The summed E-state index contributed by atoms with van der Waals surface area (Å²) in [7, 11) is -2.00. The average molecular weight is 381 g/mol. The fraction of sp³-hybridized carbons (Fsp3) is 0.611. The second-order valence-electron chi connectivity index (χ2n) is 7.10. The van der Waals surface area contributed by atoms with Gasteiger partial charge in [-0.2, -0.15) is 4.31 Å². The molecule has 0 bridgehead atoms. The van der Waals surface area contributed by atoms with Crippen LogP contribution in [0.4, 0.5) is 0 Å². The molecule has 1 aliphatic carbocycles. The number of nitrogens with two attached hydrogens (primary N) is 1. The number of amides is 1. The molecular formula is C18H27N3O4S. The van der Waals surface area contributed by atoms with Crippen LogP contribution in [-0.4, -0.2) is 51.4 Å². The van der Waals surface area contributed by atoms with Crippen molar-refractivity contribution in [2.45, 2.75) is 36.6 Å². The lowest BCUT2D eigenvalue weighted by Gasteiger charge is -2.30. The van der Waals surface area contributed by atoms with E-state index in [0.717, 1.165) is 12.8 Å². The van der Waals surface area contributed by atoms with Crippen LogP contribution in [-0.2, 0) is 14.8 Å². The highest BCUT2D eigenvalue weighted by Crippen LogP contribution is 2.31. The van der Waals surface area contributed by atoms with Gasteiger partial charge in [0.05, 0.1) is 12.0 Å². The molecule has 1 amide bonds. The zero-order valence-corrected chi connectivity index (χ0v) is 15.9. The van der Waals surface area contributed by atoms with Gasteiger partial charge >= 0.3 is 0 Å². The number of benzene rings is 1. The van der Waals surface area contributed by atoms with Crippen molar-refractivity contribution in [3.8, 4) is 5.75 Å². The van der Waals surface area contributed by atoms with Crippen LogP contribution in [0.15, 0.2) is 29.2 Å². The lowest BCUT2D eigenvalue weighted by Crippen LogP contribution is -2.45. The molecule has 1 aromatic rings. The molecule has 1 heterocycles. The highest BCUT2D eigenvalue weighted by atomic mass is 32.2. The maximum Gasteiger partial charge on any atom is 0.243 e. The van der Waals surface area contributed by atoms with E-state index in [1.54, 1.807) is 24.3 Å². The zero-order chi connectivity index (χ0) is 18.7. The average Bonchev–Trinajstić information content (AvgIpc) is 3.51. The third kappa shape index (κ3) is 4.36. The molecule has 1 atom stereocenters. The standard InChI is InChI=1S/C18H27N3O4S/c1-25-15-4-6-16(7-5-15)26(23,24)21-10-8-14(9-11-21)18(22)20-12-17(19)13-2-3-13/h4-7,13-14,17H,2-3,8-12,19H2,1H3,(H,20,22). The number of hydrogen-bond acceptors (Lipinski definition) is 5. The Labute approximate surface area is 154 Å². The largest absolute Gasteiger partial charge is 0.497 e. The minimum Gasteiger partial charge on any atom is -0.497 e. The first-order valence-electron chi connectivity index (χ1n) is 9.09. The Hall–Kier alpha value is -1.64. The molecule has 8 heteroatoms. The van der Waals surface area contributed by atoms with Gasteiger partial charge in [-0.15, -0.1) is 0 Å².